The zero-order chi connectivity index (χ0) is 16.2. The van der Waals surface area contributed by atoms with E-state index in [0.29, 0.717) is 11.4 Å². The number of nitrogens with zero attached hydrogens (tertiary/aromatic N) is 2. The van der Waals surface area contributed by atoms with Crippen LogP contribution in [0.2, 0.25) is 0 Å². The number of alkyl halides is 3. The predicted octanol–water partition coefficient (Wildman–Crippen LogP) is 2.41. The summed E-state index contributed by atoms with van der Waals surface area (Å²) in [6, 6.07) is 6.54. The lowest BCUT2D eigenvalue weighted by Crippen LogP contribution is -2.51. The average molecular weight is 317 g/mol. The molecule has 0 aliphatic carbocycles. The predicted molar refractivity (Wildman–Crippen MR) is 76.1 cm³/mol. The summed E-state index contributed by atoms with van der Waals surface area (Å²) in [5.41, 5.74) is 0.614. The van der Waals surface area contributed by atoms with E-state index in [9.17, 15) is 18.0 Å². The Bertz CT molecular complexity index is 497. The van der Waals surface area contributed by atoms with Crippen LogP contribution in [0.5, 0.6) is 5.75 Å². The molecule has 0 saturated carbocycles. The van der Waals surface area contributed by atoms with Crippen LogP contribution in [0.3, 0.4) is 0 Å². The van der Waals surface area contributed by atoms with E-state index < -0.39 is 12.7 Å². The summed E-state index contributed by atoms with van der Waals surface area (Å²) in [5.74, 6) is 0.679. The van der Waals surface area contributed by atoms with Crippen LogP contribution in [0.1, 0.15) is 0 Å². The van der Waals surface area contributed by atoms with Crippen molar-refractivity contribution in [3.05, 3.63) is 24.3 Å². The number of anilines is 1. The van der Waals surface area contributed by atoms with Gasteiger partial charge in [-0.25, -0.2) is 4.79 Å². The number of rotatable bonds is 3. The van der Waals surface area contributed by atoms with E-state index >= 15 is 0 Å². The van der Waals surface area contributed by atoms with Gasteiger partial charge >= 0.3 is 12.2 Å². The van der Waals surface area contributed by atoms with Gasteiger partial charge in [-0.15, -0.1) is 0 Å². The van der Waals surface area contributed by atoms with Crippen molar-refractivity contribution in [3.63, 3.8) is 0 Å². The maximum Gasteiger partial charge on any atom is 0.401 e. The van der Waals surface area contributed by atoms with E-state index in [-0.39, 0.29) is 32.2 Å². The first kappa shape index (κ1) is 16.4. The van der Waals surface area contributed by atoms with E-state index in [2.05, 4.69) is 5.32 Å². The lowest BCUT2D eigenvalue weighted by atomic mass is 10.3. The molecule has 22 heavy (non-hydrogen) atoms. The number of amides is 2. The molecule has 2 rings (SSSR count). The van der Waals surface area contributed by atoms with Crippen molar-refractivity contribution in [1.29, 1.82) is 0 Å². The second kappa shape index (κ2) is 6.87. The fraction of sp³-hybridized carbons (Fsp3) is 0.500. The first-order valence-corrected chi connectivity index (χ1v) is 6.86. The molecular weight excluding hydrogens is 299 g/mol. The number of hydrogen-bond donors (Lipinski definition) is 1. The fourth-order valence-electron chi connectivity index (χ4n) is 2.24. The number of piperazine rings is 1. The van der Waals surface area contributed by atoms with Gasteiger partial charge in [-0.3, -0.25) is 4.90 Å². The molecule has 0 atom stereocenters. The third-order valence-corrected chi connectivity index (χ3v) is 3.40. The highest BCUT2D eigenvalue weighted by Gasteiger charge is 2.32. The maximum absolute atomic E-state index is 12.3. The SMILES string of the molecule is COc1ccc(NC(=O)N2CCN(CC(F)(F)F)CC2)cc1. The Labute approximate surface area is 126 Å². The topological polar surface area (TPSA) is 44.8 Å². The van der Waals surface area contributed by atoms with Crippen LogP contribution in [0.4, 0.5) is 23.7 Å². The van der Waals surface area contributed by atoms with E-state index in [1.165, 1.54) is 9.80 Å². The van der Waals surface area contributed by atoms with E-state index in [1.807, 2.05) is 0 Å². The number of urea groups is 1. The Morgan fingerprint density at radius 2 is 1.77 bits per heavy atom. The van der Waals surface area contributed by atoms with Crippen molar-refractivity contribution >= 4 is 11.7 Å². The summed E-state index contributed by atoms with van der Waals surface area (Å²) >= 11 is 0. The van der Waals surface area contributed by atoms with Gasteiger partial charge in [0.1, 0.15) is 5.75 Å². The minimum Gasteiger partial charge on any atom is -0.497 e. The lowest BCUT2D eigenvalue weighted by Gasteiger charge is -2.34. The number of halogens is 3. The smallest absolute Gasteiger partial charge is 0.401 e. The highest BCUT2D eigenvalue weighted by atomic mass is 19.4. The molecule has 0 bridgehead atoms. The molecule has 1 aliphatic rings. The molecule has 8 heteroatoms. The molecule has 5 nitrogen and oxygen atoms in total. The highest BCUT2D eigenvalue weighted by molar-refractivity contribution is 5.89. The average Bonchev–Trinajstić information content (AvgIpc) is 2.47. The third-order valence-electron chi connectivity index (χ3n) is 3.40. The molecule has 0 spiro atoms. The number of ether oxygens (including phenoxy) is 1. The van der Waals surface area contributed by atoms with Gasteiger partial charge in [-0.1, -0.05) is 0 Å². The van der Waals surface area contributed by atoms with Crippen LogP contribution in [-0.4, -0.2) is 61.8 Å². The number of carbonyl (C=O) groups excluding carboxylic acids is 1. The quantitative estimate of drug-likeness (QED) is 0.931. The standard InChI is InChI=1S/C14H18F3N3O2/c1-22-12-4-2-11(3-5-12)18-13(21)20-8-6-19(7-9-20)10-14(15,16)17/h2-5H,6-10H2,1H3,(H,18,21). The number of benzene rings is 1. The highest BCUT2D eigenvalue weighted by Crippen LogP contribution is 2.18. The van der Waals surface area contributed by atoms with Gasteiger partial charge in [-0.2, -0.15) is 13.2 Å². The van der Waals surface area contributed by atoms with Crippen molar-refractivity contribution in [3.8, 4) is 5.75 Å². The Balaban J connectivity index is 1.81. The van der Waals surface area contributed by atoms with Crippen LogP contribution in [-0.2, 0) is 0 Å². The minimum atomic E-state index is -4.20. The number of methoxy groups -OCH3 is 1. The molecule has 2 amide bonds. The Kier molecular flexibility index (Phi) is 5.12. The van der Waals surface area contributed by atoms with E-state index in [1.54, 1.807) is 31.4 Å². The third kappa shape index (κ3) is 4.80. The van der Waals surface area contributed by atoms with Gasteiger partial charge in [-0.05, 0) is 24.3 Å². The van der Waals surface area contributed by atoms with Gasteiger partial charge in [0.2, 0.25) is 0 Å². The second-order valence-corrected chi connectivity index (χ2v) is 5.04. The minimum absolute atomic E-state index is 0.218. The Morgan fingerprint density at radius 1 is 1.18 bits per heavy atom. The number of nitrogens with one attached hydrogen (secondary N) is 1. The molecule has 0 unspecified atom stereocenters. The van der Waals surface area contributed by atoms with Gasteiger partial charge in [0.05, 0.1) is 13.7 Å². The fourth-order valence-corrected chi connectivity index (χ4v) is 2.24. The molecule has 0 aromatic heterocycles. The molecule has 1 heterocycles. The van der Waals surface area contributed by atoms with Gasteiger partial charge in [0, 0.05) is 31.9 Å². The summed E-state index contributed by atoms with van der Waals surface area (Å²) in [5, 5.41) is 2.72. The second-order valence-electron chi connectivity index (χ2n) is 5.04. The van der Waals surface area contributed by atoms with Crippen molar-refractivity contribution in [2.45, 2.75) is 6.18 Å². The van der Waals surface area contributed by atoms with Crippen molar-refractivity contribution in [2.24, 2.45) is 0 Å². The van der Waals surface area contributed by atoms with Crippen molar-refractivity contribution < 1.29 is 22.7 Å². The molecule has 1 aromatic rings. The van der Waals surface area contributed by atoms with Crippen LogP contribution >= 0.6 is 0 Å². The van der Waals surface area contributed by atoms with Crippen LogP contribution in [0.15, 0.2) is 24.3 Å². The lowest BCUT2D eigenvalue weighted by molar-refractivity contribution is -0.148. The van der Waals surface area contributed by atoms with Gasteiger partial charge in [0.25, 0.3) is 0 Å². The molecule has 1 aliphatic heterocycles. The zero-order valence-corrected chi connectivity index (χ0v) is 12.2. The zero-order valence-electron chi connectivity index (χ0n) is 12.2. The first-order chi connectivity index (χ1) is 10.4. The molecule has 1 aromatic carbocycles. The molecule has 1 N–H and O–H groups in total. The molecule has 122 valence electrons. The number of carbonyl (C=O) groups is 1. The first-order valence-electron chi connectivity index (χ1n) is 6.86. The molecule has 1 fully saturated rings. The largest absolute Gasteiger partial charge is 0.497 e. The summed E-state index contributed by atoms with van der Waals surface area (Å²) in [6.45, 7) is 0.0577. The molecule has 1 saturated heterocycles. The maximum atomic E-state index is 12.3. The molecular formula is C14H18F3N3O2. The monoisotopic (exact) mass is 317 g/mol. The summed E-state index contributed by atoms with van der Waals surface area (Å²) in [7, 11) is 1.55. The Hall–Kier alpha value is -1.96. The number of hydrogen-bond acceptors (Lipinski definition) is 3. The Morgan fingerprint density at radius 3 is 2.27 bits per heavy atom. The van der Waals surface area contributed by atoms with Gasteiger partial charge < -0.3 is 15.0 Å². The summed E-state index contributed by atoms with van der Waals surface area (Å²) < 4.78 is 41.9. The molecule has 0 radical (unpaired) electrons. The summed E-state index contributed by atoms with van der Waals surface area (Å²) in [4.78, 5) is 14.9. The van der Waals surface area contributed by atoms with Crippen LogP contribution in [0, 0.1) is 0 Å². The van der Waals surface area contributed by atoms with Crippen molar-refractivity contribution in [1.82, 2.24) is 9.80 Å². The normalized spacial score (nSPS) is 16.5. The van der Waals surface area contributed by atoms with Crippen molar-refractivity contribution in [2.75, 3.05) is 45.2 Å². The van der Waals surface area contributed by atoms with Crippen LogP contribution in [0.25, 0.3) is 0 Å². The summed E-state index contributed by atoms with van der Waals surface area (Å²) in [6.07, 6.45) is -4.20. The van der Waals surface area contributed by atoms with E-state index in [4.69, 9.17) is 4.74 Å². The van der Waals surface area contributed by atoms with Gasteiger partial charge in [0.15, 0.2) is 0 Å². The van der Waals surface area contributed by atoms with E-state index in [0.717, 1.165) is 0 Å². The van der Waals surface area contributed by atoms with Crippen LogP contribution < -0.4 is 10.1 Å².